The van der Waals surface area contributed by atoms with E-state index >= 15 is 0 Å². The van der Waals surface area contributed by atoms with Crippen LogP contribution < -0.4 is 5.32 Å². The lowest BCUT2D eigenvalue weighted by atomic mass is 10.1. The molecule has 1 heterocycles. The summed E-state index contributed by atoms with van der Waals surface area (Å²) in [5, 5.41) is 11.2. The smallest absolute Gasteiger partial charge is 0.255 e. The summed E-state index contributed by atoms with van der Waals surface area (Å²) in [6, 6.07) is 24.4. The molecule has 0 aliphatic rings. The molecule has 1 amide bonds. The van der Waals surface area contributed by atoms with Gasteiger partial charge in [-0.05, 0) is 48.9 Å². The van der Waals surface area contributed by atoms with Crippen LogP contribution in [0, 0.1) is 6.92 Å². The van der Waals surface area contributed by atoms with Gasteiger partial charge in [-0.25, -0.2) is 0 Å². The van der Waals surface area contributed by atoms with Crippen molar-refractivity contribution in [3.8, 4) is 22.9 Å². The molecular formula is C22H17N3O2. The van der Waals surface area contributed by atoms with Gasteiger partial charge in [-0.1, -0.05) is 42.5 Å². The molecule has 0 saturated carbocycles. The zero-order chi connectivity index (χ0) is 18.6. The lowest BCUT2D eigenvalue weighted by molar-refractivity contribution is 0.102. The maximum Gasteiger partial charge on any atom is 0.255 e. The van der Waals surface area contributed by atoms with Crippen molar-refractivity contribution in [3.05, 3.63) is 90.0 Å². The predicted molar refractivity (Wildman–Crippen MR) is 104 cm³/mol. The molecule has 1 aromatic heterocycles. The topological polar surface area (TPSA) is 68.0 Å². The number of aryl methyl sites for hydroxylation is 1. The van der Waals surface area contributed by atoms with E-state index in [2.05, 4.69) is 15.5 Å². The number of aromatic nitrogens is 2. The summed E-state index contributed by atoms with van der Waals surface area (Å²) in [6.45, 7) is 1.91. The Morgan fingerprint density at radius 1 is 0.815 bits per heavy atom. The van der Waals surface area contributed by atoms with Gasteiger partial charge in [0.05, 0.1) is 0 Å². The van der Waals surface area contributed by atoms with Crippen molar-refractivity contribution in [2.24, 2.45) is 0 Å². The summed E-state index contributed by atoms with van der Waals surface area (Å²) in [6.07, 6.45) is 0. The second-order valence-corrected chi connectivity index (χ2v) is 6.13. The summed E-state index contributed by atoms with van der Waals surface area (Å²) in [7, 11) is 0. The third-order valence-electron chi connectivity index (χ3n) is 4.20. The fourth-order valence-electron chi connectivity index (χ4n) is 2.79. The zero-order valence-electron chi connectivity index (χ0n) is 14.7. The number of rotatable bonds is 4. The third kappa shape index (κ3) is 3.62. The van der Waals surface area contributed by atoms with E-state index in [1.807, 2.05) is 79.7 Å². The number of hydrogen-bond acceptors (Lipinski definition) is 4. The molecule has 0 aliphatic carbocycles. The number of anilines is 1. The Balaban J connectivity index is 1.57. The molecule has 4 rings (SSSR count). The molecule has 0 unspecified atom stereocenters. The molecule has 0 spiro atoms. The fraction of sp³-hybridized carbons (Fsp3) is 0.0455. The Morgan fingerprint density at radius 2 is 1.48 bits per heavy atom. The predicted octanol–water partition coefficient (Wildman–Crippen LogP) is 4.96. The highest BCUT2D eigenvalue weighted by Crippen LogP contribution is 2.25. The van der Waals surface area contributed by atoms with E-state index in [9.17, 15) is 4.79 Å². The van der Waals surface area contributed by atoms with Gasteiger partial charge in [-0.2, -0.15) is 0 Å². The van der Waals surface area contributed by atoms with Gasteiger partial charge < -0.3 is 9.73 Å². The van der Waals surface area contributed by atoms with Crippen LogP contribution >= 0.6 is 0 Å². The van der Waals surface area contributed by atoms with Crippen LogP contribution in [0.2, 0.25) is 0 Å². The van der Waals surface area contributed by atoms with E-state index in [-0.39, 0.29) is 5.91 Å². The van der Waals surface area contributed by atoms with Crippen molar-refractivity contribution >= 4 is 11.6 Å². The van der Waals surface area contributed by atoms with E-state index in [4.69, 9.17) is 4.42 Å². The van der Waals surface area contributed by atoms with Crippen LogP contribution in [0.4, 0.5) is 5.69 Å². The van der Waals surface area contributed by atoms with Crippen LogP contribution in [0.15, 0.2) is 83.3 Å². The second kappa shape index (κ2) is 7.25. The first-order valence-corrected chi connectivity index (χ1v) is 8.57. The van der Waals surface area contributed by atoms with E-state index in [1.54, 1.807) is 6.07 Å². The Bertz CT molecular complexity index is 1090. The third-order valence-corrected chi connectivity index (χ3v) is 4.20. The van der Waals surface area contributed by atoms with Gasteiger partial charge in [0.25, 0.3) is 5.91 Å². The molecule has 0 bridgehead atoms. The van der Waals surface area contributed by atoms with Crippen LogP contribution in [0.1, 0.15) is 15.9 Å². The normalized spacial score (nSPS) is 10.6. The number of hydrogen-bond donors (Lipinski definition) is 1. The Hall–Kier alpha value is -3.73. The molecule has 5 heteroatoms. The molecule has 3 aromatic carbocycles. The highest BCUT2D eigenvalue weighted by Gasteiger charge is 2.12. The first kappa shape index (κ1) is 16.7. The van der Waals surface area contributed by atoms with E-state index in [0.717, 1.165) is 16.7 Å². The maximum absolute atomic E-state index is 12.5. The van der Waals surface area contributed by atoms with Crippen molar-refractivity contribution in [2.45, 2.75) is 6.92 Å². The number of benzene rings is 3. The van der Waals surface area contributed by atoms with Gasteiger partial charge in [0.2, 0.25) is 11.8 Å². The molecule has 0 atom stereocenters. The van der Waals surface area contributed by atoms with Gasteiger partial charge in [-0.15, -0.1) is 10.2 Å². The van der Waals surface area contributed by atoms with Crippen LogP contribution in [0.25, 0.3) is 22.9 Å². The van der Waals surface area contributed by atoms with Gasteiger partial charge in [-0.3, -0.25) is 4.79 Å². The minimum atomic E-state index is -0.152. The quantitative estimate of drug-likeness (QED) is 0.561. The summed E-state index contributed by atoms with van der Waals surface area (Å²) in [4.78, 5) is 12.5. The van der Waals surface area contributed by atoms with E-state index < -0.39 is 0 Å². The van der Waals surface area contributed by atoms with Gasteiger partial charge >= 0.3 is 0 Å². The SMILES string of the molecule is Cc1ccccc1C(=O)Nc1cccc(-c2nnc(-c3ccccc3)o2)c1. The van der Waals surface area contributed by atoms with Gasteiger partial charge in [0.15, 0.2) is 0 Å². The minimum absolute atomic E-state index is 0.152. The lowest BCUT2D eigenvalue weighted by Gasteiger charge is -2.08. The average molecular weight is 355 g/mol. The Morgan fingerprint density at radius 3 is 2.26 bits per heavy atom. The lowest BCUT2D eigenvalue weighted by Crippen LogP contribution is -2.13. The standard InChI is InChI=1S/C22H17N3O2/c1-15-8-5-6-13-19(15)20(26)23-18-12-7-11-17(14-18)22-25-24-21(27-22)16-9-3-2-4-10-16/h2-14H,1H3,(H,23,26). The van der Waals surface area contributed by atoms with Crippen molar-refractivity contribution < 1.29 is 9.21 Å². The van der Waals surface area contributed by atoms with Crippen LogP contribution in [0.3, 0.4) is 0 Å². The van der Waals surface area contributed by atoms with E-state index in [0.29, 0.717) is 23.0 Å². The molecule has 27 heavy (non-hydrogen) atoms. The fourth-order valence-corrected chi connectivity index (χ4v) is 2.79. The van der Waals surface area contributed by atoms with Crippen LogP contribution in [0.5, 0.6) is 0 Å². The summed E-state index contributed by atoms with van der Waals surface area (Å²) < 4.78 is 5.78. The molecule has 0 aliphatic heterocycles. The van der Waals surface area contributed by atoms with Gasteiger partial charge in [0.1, 0.15) is 0 Å². The van der Waals surface area contributed by atoms with Crippen molar-refractivity contribution in [2.75, 3.05) is 5.32 Å². The average Bonchev–Trinajstić information content (AvgIpc) is 3.19. The second-order valence-electron chi connectivity index (χ2n) is 6.13. The Kier molecular flexibility index (Phi) is 4.49. The first-order chi connectivity index (χ1) is 13.2. The highest BCUT2D eigenvalue weighted by molar-refractivity contribution is 6.05. The van der Waals surface area contributed by atoms with Crippen LogP contribution in [-0.4, -0.2) is 16.1 Å². The minimum Gasteiger partial charge on any atom is -0.416 e. The number of nitrogens with zero attached hydrogens (tertiary/aromatic N) is 2. The molecule has 1 N–H and O–H groups in total. The largest absolute Gasteiger partial charge is 0.416 e. The number of carbonyl (C=O) groups excluding carboxylic acids is 1. The first-order valence-electron chi connectivity index (χ1n) is 8.57. The molecule has 132 valence electrons. The number of nitrogens with one attached hydrogen (secondary N) is 1. The zero-order valence-corrected chi connectivity index (χ0v) is 14.7. The monoisotopic (exact) mass is 355 g/mol. The van der Waals surface area contributed by atoms with Crippen molar-refractivity contribution in [1.29, 1.82) is 0 Å². The van der Waals surface area contributed by atoms with Crippen molar-refractivity contribution in [3.63, 3.8) is 0 Å². The summed E-state index contributed by atoms with van der Waals surface area (Å²) in [5.41, 5.74) is 3.84. The molecule has 0 saturated heterocycles. The van der Waals surface area contributed by atoms with Gasteiger partial charge in [0, 0.05) is 22.4 Å². The summed E-state index contributed by atoms with van der Waals surface area (Å²) >= 11 is 0. The molecule has 4 aromatic rings. The molecule has 0 radical (unpaired) electrons. The Labute approximate surface area is 156 Å². The number of carbonyl (C=O) groups is 1. The molecule has 0 fully saturated rings. The number of amides is 1. The van der Waals surface area contributed by atoms with Crippen molar-refractivity contribution in [1.82, 2.24) is 10.2 Å². The highest BCUT2D eigenvalue weighted by atomic mass is 16.4. The summed E-state index contributed by atoms with van der Waals surface area (Å²) in [5.74, 6) is 0.710. The molecule has 5 nitrogen and oxygen atoms in total. The van der Waals surface area contributed by atoms with E-state index in [1.165, 1.54) is 0 Å². The van der Waals surface area contributed by atoms with Crippen LogP contribution in [-0.2, 0) is 0 Å². The molecular weight excluding hydrogens is 338 g/mol. The maximum atomic E-state index is 12.5.